The number of halogens is 1. The molecule has 0 radical (unpaired) electrons. The van der Waals surface area contributed by atoms with Gasteiger partial charge in [0.05, 0.1) is 18.2 Å². The number of nitrogens with zero attached hydrogens (tertiary/aromatic N) is 3. The number of hydrogen-bond acceptors (Lipinski definition) is 5. The molecule has 2 aliphatic rings. The summed E-state index contributed by atoms with van der Waals surface area (Å²) in [5.41, 5.74) is 2.14. The Labute approximate surface area is 204 Å². The summed E-state index contributed by atoms with van der Waals surface area (Å²) in [6.07, 6.45) is 4.34. The lowest BCUT2D eigenvalue weighted by atomic mass is 10.2. The van der Waals surface area contributed by atoms with Gasteiger partial charge in [0, 0.05) is 61.7 Å². The third kappa shape index (κ3) is 6.60. The fourth-order valence-corrected chi connectivity index (χ4v) is 5.12. The Bertz CT molecular complexity index is 1000. The topological polar surface area (TPSA) is 53.1 Å². The highest BCUT2D eigenvalue weighted by molar-refractivity contribution is 7.99. The molecular weight excluding hydrogens is 458 g/mol. The van der Waals surface area contributed by atoms with Gasteiger partial charge >= 0.3 is 0 Å². The van der Waals surface area contributed by atoms with Crippen LogP contribution in [0.5, 0.6) is 0 Å². The molecule has 33 heavy (non-hydrogen) atoms. The van der Waals surface area contributed by atoms with Crippen molar-refractivity contribution in [1.29, 1.82) is 0 Å². The molecule has 2 fully saturated rings. The Balaban J connectivity index is 1.40. The van der Waals surface area contributed by atoms with E-state index in [-0.39, 0.29) is 5.91 Å². The molecule has 4 rings (SSSR count). The second-order valence-electron chi connectivity index (χ2n) is 8.09. The van der Waals surface area contributed by atoms with Gasteiger partial charge in [0.15, 0.2) is 0 Å². The summed E-state index contributed by atoms with van der Waals surface area (Å²) in [5, 5.41) is 0.662. The number of piperazine rings is 1. The van der Waals surface area contributed by atoms with E-state index in [9.17, 15) is 9.59 Å². The standard InChI is InChI=1S/C25H28ClN3O3S/c26-22-17-20(6-8-25(31)29-13-15-32-16-14-29)5-7-24(22)33-23-4-2-1-3-21(23)18-27-9-11-28(19-30)12-10-27/h1-8,17,19H,9-16,18H2/b8-6+. The molecule has 2 amide bonds. The predicted octanol–water partition coefficient (Wildman–Crippen LogP) is 3.64. The number of rotatable bonds is 7. The van der Waals surface area contributed by atoms with Crippen LogP contribution in [-0.4, -0.2) is 79.5 Å². The zero-order valence-electron chi connectivity index (χ0n) is 18.5. The molecule has 2 heterocycles. The van der Waals surface area contributed by atoms with Crippen LogP contribution in [0.25, 0.3) is 6.08 Å². The summed E-state index contributed by atoms with van der Waals surface area (Å²) in [4.78, 5) is 31.4. The average molecular weight is 486 g/mol. The van der Waals surface area contributed by atoms with E-state index in [1.165, 1.54) is 10.5 Å². The van der Waals surface area contributed by atoms with Crippen LogP contribution in [0.4, 0.5) is 0 Å². The summed E-state index contributed by atoms with van der Waals surface area (Å²) < 4.78 is 5.30. The lowest BCUT2D eigenvalue weighted by Crippen LogP contribution is -2.45. The van der Waals surface area contributed by atoms with Crippen LogP contribution in [0.15, 0.2) is 58.3 Å². The van der Waals surface area contributed by atoms with Crippen molar-refractivity contribution in [3.63, 3.8) is 0 Å². The Hall–Kier alpha value is -2.32. The van der Waals surface area contributed by atoms with E-state index in [1.54, 1.807) is 22.7 Å². The van der Waals surface area contributed by atoms with E-state index >= 15 is 0 Å². The Morgan fingerprint density at radius 1 is 1.00 bits per heavy atom. The monoisotopic (exact) mass is 485 g/mol. The van der Waals surface area contributed by atoms with Gasteiger partial charge in [-0.25, -0.2) is 0 Å². The Morgan fingerprint density at radius 3 is 2.48 bits per heavy atom. The summed E-state index contributed by atoms with van der Waals surface area (Å²) in [6, 6.07) is 14.3. The van der Waals surface area contributed by atoms with Gasteiger partial charge in [-0.15, -0.1) is 0 Å². The van der Waals surface area contributed by atoms with Gasteiger partial charge in [-0.1, -0.05) is 47.6 Å². The van der Waals surface area contributed by atoms with Crippen molar-refractivity contribution >= 4 is 41.8 Å². The van der Waals surface area contributed by atoms with E-state index in [4.69, 9.17) is 16.3 Å². The van der Waals surface area contributed by atoms with Crippen LogP contribution in [-0.2, 0) is 20.9 Å². The first kappa shape index (κ1) is 23.8. The maximum absolute atomic E-state index is 12.3. The van der Waals surface area contributed by atoms with Crippen molar-refractivity contribution in [3.05, 3.63) is 64.7 Å². The van der Waals surface area contributed by atoms with Gasteiger partial charge in [0.1, 0.15) is 0 Å². The molecule has 0 spiro atoms. The highest BCUT2D eigenvalue weighted by atomic mass is 35.5. The molecule has 0 atom stereocenters. The first-order chi connectivity index (χ1) is 16.1. The maximum Gasteiger partial charge on any atom is 0.246 e. The molecule has 0 unspecified atom stereocenters. The van der Waals surface area contributed by atoms with Gasteiger partial charge in [0.25, 0.3) is 0 Å². The minimum atomic E-state index is -0.00391. The van der Waals surface area contributed by atoms with Crippen molar-refractivity contribution in [3.8, 4) is 0 Å². The van der Waals surface area contributed by atoms with Crippen LogP contribution >= 0.6 is 23.4 Å². The van der Waals surface area contributed by atoms with Crippen LogP contribution < -0.4 is 0 Å². The molecule has 8 heteroatoms. The maximum atomic E-state index is 12.3. The van der Waals surface area contributed by atoms with Crippen molar-refractivity contribution in [2.24, 2.45) is 0 Å². The minimum Gasteiger partial charge on any atom is -0.378 e. The molecule has 0 aliphatic carbocycles. The number of carbonyl (C=O) groups is 2. The first-order valence-corrected chi connectivity index (χ1v) is 12.3. The van der Waals surface area contributed by atoms with Crippen LogP contribution in [0.2, 0.25) is 5.02 Å². The zero-order chi connectivity index (χ0) is 23.0. The van der Waals surface area contributed by atoms with Crippen LogP contribution in [0.3, 0.4) is 0 Å². The molecule has 0 bridgehead atoms. The summed E-state index contributed by atoms with van der Waals surface area (Å²) in [5.74, 6) is -0.00391. The third-order valence-electron chi connectivity index (χ3n) is 5.84. The van der Waals surface area contributed by atoms with E-state index in [0.29, 0.717) is 31.3 Å². The molecule has 0 N–H and O–H groups in total. The number of hydrogen-bond donors (Lipinski definition) is 0. The largest absolute Gasteiger partial charge is 0.378 e. The minimum absolute atomic E-state index is 0.00391. The number of carbonyl (C=O) groups excluding carboxylic acids is 2. The van der Waals surface area contributed by atoms with Gasteiger partial charge < -0.3 is 14.5 Å². The van der Waals surface area contributed by atoms with Crippen LogP contribution in [0, 0.1) is 0 Å². The third-order valence-corrected chi connectivity index (χ3v) is 7.46. The fraction of sp³-hybridized carbons (Fsp3) is 0.360. The van der Waals surface area contributed by atoms with E-state index < -0.39 is 0 Å². The molecule has 0 aromatic heterocycles. The average Bonchev–Trinajstić information content (AvgIpc) is 2.86. The number of amides is 2. The lowest BCUT2D eigenvalue weighted by molar-refractivity contribution is -0.129. The van der Waals surface area contributed by atoms with Crippen molar-refractivity contribution < 1.29 is 14.3 Å². The predicted molar refractivity (Wildman–Crippen MR) is 131 cm³/mol. The second-order valence-corrected chi connectivity index (χ2v) is 9.58. The highest BCUT2D eigenvalue weighted by Crippen LogP contribution is 2.36. The molecule has 0 saturated carbocycles. The fourth-order valence-electron chi connectivity index (χ4n) is 3.88. The summed E-state index contributed by atoms with van der Waals surface area (Å²) in [6.45, 7) is 6.59. The Kier molecular flexibility index (Phi) is 8.45. The van der Waals surface area contributed by atoms with Gasteiger partial charge in [-0.3, -0.25) is 14.5 Å². The molecule has 2 aromatic carbocycles. The van der Waals surface area contributed by atoms with Gasteiger partial charge in [0.2, 0.25) is 12.3 Å². The SMILES string of the molecule is O=CN1CCN(Cc2ccccc2Sc2ccc(/C=C/C(=O)N3CCOCC3)cc2Cl)CC1. The van der Waals surface area contributed by atoms with Crippen LogP contribution in [0.1, 0.15) is 11.1 Å². The molecule has 174 valence electrons. The molecule has 2 saturated heterocycles. The lowest BCUT2D eigenvalue weighted by Gasteiger charge is -2.32. The molecular formula is C25H28ClN3O3S. The smallest absolute Gasteiger partial charge is 0.246 e. The van der Waals surface area contributed by atoms with Crippen molar-refractivity contribution in [2.45, 2.75) is 16.3 Å². The van der Waals surface area contributed by atoms with Crippen molar-refractivity contribution in [1.82, 2.24) is 14.7 Å². The second kappa shape index (κ2) is 11.7. The van der Waals surface area contributed by atoms with Crippen molar-refractivity contribution in [2.75, 3.05) is 52.5 Å². The van der Waals surface area contributed by atoms with Gasteiger partial charge in [-0.05, 0) is 35.4 Å². The molecule has 2 aliphatic heterocycles. The number of morpholine rings is 1. The Morgan fingerprint density at radius 2 is 1.76 bits per heavy atom. The van der Waals surface area contributed by atoms with E-state index in [1.807, 2.05) is 35.2 Å². The first-order valence-electron chi connectivity index (χ1n) is 11.1. The normalized spacial score (nSPS) is 17.5. The highest BCUT2D eigenvalue weighted by Gasteiger charge is 2.17. The summed E-state index contributed by atoms with van der Waals surface area (Å²) >= 11 is 8.26. The zero-order valence-corrected chi connectivity index (χ0v) is 20.1. The molecule has 6 nitrogen and oxygen atoms in total. The summed E-state index contributed by atoms with van der Waals surface area (Å²) in [7, 11) is 0. The molecule has 2 aromatic rings. The van der Waals surface area contributed by atoms with E-state index in [2.05, 4.69) is 23.1 Å². The van der Waals surface area contributed by atoms with Gasteiger partial charge in [-0.2, -0.15) is 0 Å². The number of ether oxygens (including phenoxy) is 1. The quantitative estimate of drug-likeness (QED) is 0.442. The van der Waals surface area contributed by atoms with E-state index in [0.717, 1.165) is 49.6 Å². The number of benzene rings is 2.